The van der Waals surface area contributed by atoms with Gasteiger partial charge in [-0.2, -0.15) is 0 Å². The summed E-state index contributed by atoms with van der Waals surface area (Å²) >= 11 is 0. The number of furan rings is 1. The normalized spacial score (nSPS) is 16.0. The fourth-order valence-electron chi connectivity index (χ4n) is 4.32. The molecule has 0 bridgehead atoms. The van der Waals surface area contributed by atoms with E-state index in [1.165, 1.54) is 4.90 Å². The number of imidazole rings is 1. The van der Waals surface area contributed by atoms with Crippen LogP contribution >= 0.6 is 0 Å². The molecule has 1 amide bonds. The summed E-state index contributed by atoms with van der Waals surface area (Å²) in [6.07, 6.45) is 5.87. The van der Waals surface area contributed by atoms with Crippen molar-refractivity contribution in [1.29, 1.82) is 0 Å². The summed E-state index contributed by atoms with van der Waals surface area (Å²) in [6, 6.07) is 15.3. The number of hydrogen-bond acceptors (Lipinski definition) is 6. The van der Waals surface area contributed by atoms with E-state index in [0.29, 0.717) is 36.4 Å². The van der Waals surface area contributed by atoms with Gasteiger partial charge in [0, 0.05) is 30.9 Å². The third-order valence-corrected chi connectivity index (χ3v) is 6.00. The Kier molecular flexibility index (Phi) is 5.63. The molecule has 0 unspecified atom stereocenters. The molecule has 1 aliphatic rings. The number of aliphatic hydroxyl groups is 1. The number of carbonyl (C=O) groups is 2. The smallest absolute Gasteiger partial charge is 0.290 e. The maximum Gasteiger partial charge on any atom is 0.290 e. The molecule has 8 heteroatoms. The molecule has 0 spiro atoms. The highest BCUT2D eigenvalue weighted by Gasteiger charge is 2.44. The average molecular weight is 457 g/mol. The number of carbonyl (C=O) groups excluding carboxylic acids is 2. The van der Waals surface area contributed by atoms with Crippen LogP contribution in [-0.4, -0.2) is 44.9 Å². The predicted molar refractivity (Wildman–Crippen MR) is 124 cm³/mol. The van der Waals surface area contributed by atoms with Gasteiger partial charge in [-0.3, -0.25) is 9.59 Å². The second-order valence-electron chi connectivity index (χ2n) is 8.07. The number of nitrogens with zero attached hydrogens (tertiary/aromatic N) is 3. The van der Waals surface area contributed by atoms with Gasteiger partial charge in [-0.1, -0.05) is 30.3 Å². The van der Waals surface area contributed by atoms with E-state index in [1.807, 2.05) is 29.0 Å². The molecular formula is C26H23N3O5. The predicted octanol–water partition coefficient (Wildman–Crippen LogP) is 4.31. The maximum absolute atomic E-state index is 13.6. The van der Waals surface area contributed by atoms with Crippen molar-refractivity contribution in [3.8, 4) is 5.75 Å². The number of amides is 1. The fourth-order valence-corrected chi connectivity index (χ4v) is 4.32. The molecule has 1 N–H and O–H groups in total. The van der Waals surface area contributed by atoms with Gasteiger partial charge in [-0.05, 0) is 36.2 Å². The Bertz CT molecular complexity index is 1340. The lowest BCUT2D eigenvalue weighted by atomic mass is 9.95. The van der Waals surface area contributed by atoms with Crippen molar-refractivity contribution in [2.75, 3.05) is 13.7 Å². The molecule has 0 saturated carbocycles. The van der Waals surface area contributed by atoms with E-state index >= 15 is 0 Å². The van der Waals surface area contributed by atoms with E-state index in [4.69, 9.17) is 9.15 Å². The largest absolute Gasteiger partial charge is 0.503 e. The summed E-state index contributed by atoms with van der Waals surface area (Å²) in [4.78, 5) is 32.2. The van der Waals surface area contributed by atoms with E-state index < -0.39 is 23.5 Å². The van der Waals surface area contributed by atoms with Crippen LogP contribution in [-0.2, 0) is 11.3 Å². The van der Waals surface area contributed by atoms with Gasteiger partial charge in [0.25, 0.3) is 5.91 Å². The molecule has 3 heterocycles. The molecule has 0 aliphatic carbocycles. The van der Waals surface area contributed by atoms with Gasteiger partial charge in [-0.15, -0.1) is 0 Å². The molecule has 1 aliphatic heterocycles. The van der Waals surface area contributed by atoms with Gasteiger partial charge in [-0.25, -0.2) is 4.98 Å². The minimum Gasteiger partial charge on any atom is -0.503 e. The van der Waals surface area contributed by atoms with Crippen LogP contribution in [0.5, 0.6) is 5.75 Å². The Morgan fingerprint density at radius 1 is 1.15 bits per heavy atom. The zero-order valence-corrected chi connectivity index (χ0v) is 18.5. The Morgan fingerprint density at radius 2 is 1.94 bits per heavy atom. The summed E-state index contributed by atoms with van der Waals surface area (Å²) in [6.45, 7) is 0.988. The Labute approximate surface area is 195 Å². The second kappa shape index (κ2) is 8.90. The van der Waals surface area contributed by atoms with E-state index in [-0.39, 0.29) is 11.3 Å². The van der Waals surface area contributed by atoms with Gasteiger partial charge in [0.05, 0.1) is 25.1 Å². The molecule has 172 valence electrons. The molecule has 34 heavy (non-hydrogen) atoms. The van der Waals surface area contributed by atoms with E-state index in [9.17, 15) is 14.7 Å². The number of hydrogen-bond donors (Lipinski definition) is 1. The zero-order chi connectivity index (χ0) is 23.7. The number of Topliss-reactive ketones (excluding diaryl/α,β-unsaturated/α-hetero) is 1. The minimum atomic E-state index is -0.748. The van der Waals surface area contributed by atoms with Crippen molar-refractivity contribution >= 4 is 22.7 Å². The van der Waals surface area contributed by atoms with E-state index in [2.05, 4.69) is 4.98 Å². The van der Waals surface area contributed by atoms with Crippen LogP contribution in [0.15, 0.2) is 89.1 Å². The zero-order valence-electron chi connectivity index (χ0n) is 18.5. The van der Waals surface area contributed by atoms with Gasteiger partial charge in [0.1, 0.15) is 11.3 Å². The topological polar surface area (TPSA) is 97.8 Å². The summed E-state index contributed by atoms with van der Waals surface area (Å²) in [5.74, 6) is -0.910. The number of aliphatic hydroxyl groups excluding tert-OH is 1. The third-order valence-electron chi connectivity index (χ3n) is 6.00. The quantitative estimate of drug-likeness (QED) is 0.396. The monoisotopic (exact) mass is 457 g/mol. The lowest BCUT2D eigenvalue weighted by Crippen LogP contribution is -2.32. The van der Waals surface area contributed by atoms with Crippen molar-refractivity contribution in [2.45, 2.75) is 19.0 Å². The number of benzene rings is 2. The van der Waals surface area contributed by atoms with Crippen molar-refractivity contribution in [3.63, 3.8) is 0 Å². The number of aromatic nitrogens is 2. The molecular weight excluding hydrogens is 434 g/mol. The van der Waals surface area contributed by atoms with Crippen molar-refractivity contribution < 1.29 is 23.8 Å². The number of para-hydroxylation sites is 1. The molecule has 1 atom stereocenters. The highest BCUT2D eigenvalue weighted by Crippen LogP contribution is 2.40. The number of ether oxygens (including phenoxy) is 1. The summed E-state index contributed by atoms with van der Waals surface area (Å²) in [5.41, 5.74) is 1.27. The van der Waals surface area contributed by atoms with Crippen LogP contribution in [0.25, 0.3) is 11.0 Å². The first-order chi connectivity index (χ1) is 16.6. The standard InChI is InChI=1S/C26H23N3O5/c1-33-19-9-7-17(8-10-19)23-22(24(30)21-15-18-5-2-3-6-20(18)34-21)25(31)26(32)29(23)13-4-12-28-14-11-27-16-28/h2-3,5-11,14-16,23,31H,4,12-13H2,1H3/t23-/m1/s1. The van der Waals surface area contributed by atoms with Gasteiger partial charge in [0.2, 0.25) is 5.78 Å². The molecule has 0 radical (unpaired) electrons. The fraction of sp³-hybridized carbons (Fsp3) is 0.192. The third kappa shape index (κ3) is 3.83. The molecule has 0 fully saturated rings. The SMILES string of the molecule is COc1ccc([C@@H]2C(C(=O)c3cc4ccccc4o3)=C(O)C(=O)N2CCCn2ccnc2)cc1. The second-order valence-corrected chi connectivity index (χ2v) is 8.07. The highest BCUT2D eigenvalue weighted by atomic mass is 16.5. The van der Waals surface area contributed by atoms with Crippen LogP contribution in [0.1, 0.15) is 28.6 Å². The number of aryl methyl sites for hydroxylation is 1. The average Bonchev–Trinajstić information content (AvgIpc) is 3.59. The number of ketones is 1. The van der Waals surface area contributed by atoms with Crippen LogP contribution in [0.2, 0.25) is 0 Å². The first kappa shape index (κ1) is 21.5. The summed E-state index contributed by atoms with van der Waals surface area (Å²) in [5, 5.41) is 11.6. The van der Waals surface area contributed by atoms with Crippen LogP contribution < -0.4 is 4.74 Å². The van der Waals surface area contributed by atoms with Crippen molar-refractivity contribution in [3.05, 3.63) is 96.0 Å². The molecule has 8 nitrogen and oxygen atoms in total. The van der Waals surface area contributed by atoms with E-state index in [0.717, 1.165) is 5.39 Å². The molecule has 0 saturated heterocycles. The number of fused-ring (bicyclic) bond motifs is 1. The van der Waals surface area contributed by atoms with Crippen LogP contribution in [0.3, 0.4) is 0 Å². The Hall–Kier alpha value is -4.33. The summed E-state index contributed by atoms with van der Waals surface area (Å²) in [7, 11) is 1.57. The first-order valence-electron chi connectivity index (χ1n) is 10.9. The van der Waals surface area contributed by atoms with Crippen LogP contribution in [0, 0.1) is 0 Å². The summed E-state index contributed by atoms with van der Waals surface area (Å²) < 4.78 is 12.9. The molecule has 2 aromatic heterocycles. The molecule has 2 aromatic carbocycles. The van der Waals surface area contributed by atoms with Gasteiger partial charge in [0.15, 0.2) is 11.5 Å². The van der Waals surface area contributed by atoms with E-state index in [1.54, 1.807) is 56.0 Å². The molecule has 4 aromatic rings. The van der Waals surface area contributed by atoms with Crippen molar-refractivity contribution in [2.24, 2.45) is 0 Å². The number of rotatable bonds is 8. The lowest BCUT2D eigenvalue weighted by molar-refractivity contribution is -0.129. The van der Waals surface area contributed by atoms with Crippen molar-refractivity contribution in [1.82, 2.24) is 14.5 Å². The first-order valence-corrected chi connectivity index (χ1v) is 10.9. The Balaban J connectivity index is 1.50. The Morgan fingerprint density at radius 3 is 2.65 bits per heavy atom. The van der Waals surface area contributed by atoms with Gasteiger partial charge < -0.3 is 23.7 Å². The molecule has 5 rings (SSSR count). The number of methoxy groups -OCH3 is 1. The highest BCUT2D eigenvalue weighted by molar-refractivity contribution is 6.16. The maximum atomic E-state index is 13.6. The van der Waals surface area contributed by atoms with Crippen LogP contribution in [0.4, 0.5) is 0 Å². The minimum absolute atomic E-state index is 0.0110. The lowest BCUT2D eigenvalue weighted by Gasteiger charge is -2.27. The van der Waals surface area contributed by atoms with Gasteiger partial charge >= 0.3 is 0 Å².